The van der Waals surface area contributed by atoms with Gasteiger partial charge in [-0.25, -0.2) is 9.78 Å². The highest BCUT2D eigenvalue weighted by molar-refractivity contribution is 5.85. The lowest BCUT2D eigenvalue weighted by molar-refractivity contribution is -0.137. The summed E-state index contributed by atoms with van der Waals surface area (Å²) in [5, 5.41) is 8.78. The van der Waals surface area contributed by atoms with Gasteiger partial charge in [0, 0.05) is 0 Å². The summed E-state index contributed by atoms with van der Waals surface area (Å²) in [6.07, 6.45) is 0.508. The molecule has 2 rings (SSSR count). The summed E-state index contributed by atoms with van der Waals surface area (Å²) in [4.78, 5) is 25.8. The Labute approximate surface area is 102 Å². The van der Waals surface area contributed by atoms with Crippen LogP contribution in [0.1, 0.15) is 0 Å². The minimum absolute atomic E-state index is 0.207. The zero-order valence-corrected chi connectivity index (χ0v) is 9.49. The molecule has 1 aromatic carbocycles. The van der Waals surface area contributed by atoms with Gasteiger partial charge in [-0.2, -0.15) is 0 Å². The van der Waals surface area contributed by atoms with Crippen LogP contribution in [0, 0.1) is 0 Å². The Morgan fingerprint density at radius 2 is 2.22 bits per heavy atom. The van der Waals surface area contributed by atoms with Crippen molar-refractivity contribution in [3.8, 4) is 5.75 Å². The molecule has 0 atom stereocenters. The molecule has 0 saturated carbocycles. The van der Waals surface area contributed by atoms with E-state index in [1.165, 1.54) is 18.0 Å². The first-order valence-corrected chi connectivity index (χ1v) is 5.03. The van der Waals surface area contributed by atoms with Crippen LogP contribution in [-0.2, 0) is 16.1 Å². The van der Waals surface area contributed by atoms with E-state index in [2.05, 4.69) is 9.72 Å². The molecule has 0 unspecified atom stereocenters. The first-order chi connectivity index (χ1) is 8.61. The number of aliphatic carboxylic acids is 1. The molecule has 0 saturated heterocycles. The second-order valence-electron chi connectivity index (χ2n) is 3.45. The largest absolute Gasteiger partial charge is 0.513 e. The van der Waals surface area contributed by atoms with Gasteiger partial charge >= 0.3 is 12.1 Å². The van der Waals surface area contributed by atoms with E-state index in [1.807, 2.05) is 0 Å². The number of para-hydroxylation sites is 1. The number of imidazole rings is 1. The number of fused-ring (bicyclic) bond motifs is 1. The summed E-state index contributed by atoms with van der Waals surface area (Å²) in [6, 6.07) is 4.88. The Bertz CT molecular complexity index is 604. The average molecular weight is 250 g/mol. The number of carbonyl (C=O) groups excluding carboxylic acids is 1. The van der Waals surface area contributed by atoms with Gasteiger partial charge in [-0.05, 0) is 12.1 Å². The van der Waals surface area contributed by atoms with Gasteiger partial charge < -0.3 is 19.1 Å². The van der Waals surface area contributed by atoms with Gasteiger partial charge in [-0.3, -0.25) is 4.79 Å². The van der Waals surface area contributed by atoms with Crippen LogP contribution in [0.3, 0.4) is 0 Å². The van der Waals surface area contributed by atoms with E-state index < -0.39 is 12.1 Å². The summed E-state index contributed by atoms with van der Waals surface area (Å²) in [5.74, 6) is -0.805. The van der Waals surface area contributed by atoms with Crippen molar-refractivity contribution in [3.63, 3.8) is 0 Å². The summed E-state index contributed by atoms with van der Waals surface area (Å²) < 4.78 is 10.7. The number of rotatable bonds is 3. The highest BCUT2D eigenvalue weighted by Crippen LogP contribution is 2.25. The van der Waals surface area contributed by atoms with Gasteiger partial charge in [0.25, 0.3) is 0 Å². The van der Waals surface area contributed by atoms with Crippen molar-refractivity contribution in [3.05, 3.63) is 24.5 Å². The molecule has 0 spiro atoms. The van der Waals surface area contributed by atoms with E-state index in [0.717, 1.165) is 0 Å². The molecule has 7 nitrogen and oxygen atoms in total. The Hall–Kier alpha value is -2.57. The normalized spacial score (nSPS) is 10.3. The average Bonchev–Trinajstić information content (AvgIpc) is 2.72. The predicted molar refractivity (Wildman–Crippen MR) is 60.4 cm³/mol. The van der Waals surface area contributed by atoms with Crippen LogP contribution in [-0.4, -0.2) is 33.9 Å². The molecule has 0 amide bonds. The molecule has 0 aliphatic heterocycles. The highest BCUT2D eigenvalue weighted by Gasteiger charge is 2.13. The van der Waals surface area contributed by atoms with Crippen molar-refractivity contribution in [2.24, 2.45) is 0 Å². The second kappa shape index (κ2) is 4.74. The van der Waals surface area contributed by atoms with Gasteiger partial charge in [-0.1, -0.05) is 6.07 Å². The van der Waals surface area contributed by atoms with E-state index in [-0.39, 0.29) is 12.3 Å². The van der Waals surface area contributed by atoms with E-state index in [4.69, 9.17) is 9.84 Å². The van der Waals surface area contributed by atoms with Gasteiger partial charge in [0.1, 0.15) is 12.1 Å². The van der Waals surface area contributed by atoms with Crippen LogP contribution < -0.4 is 4.74 Å². The number of carboxylic acid groups (broad SMARTS) is 1. The zero-order valence-electron chi connectivity index (χ0n) is 9.49. The number of aromatic nitrogens is 2. The van der Waals surface area contributed by atoms with Crippen LogP contribution in [0.15, 0.2) is 24.5 Å². The molecule has 0 aliphatic carbocycles. The fourth-order valence-electron chi connectivity index (χ4n) is 1.57. The van der Waals surface area contributed by atoms with Crippen LogP contribution in [0.4, 0.5) is 4.79 Å². The standard InChI is InChI=1S/C11H10N2O5/c1-17-11(16)18-8-4-2-3-7-10(8)13(6-12-7)5-9(14)15/h2-4,6H,5H2,1H3,(H,14,15). The molecule has 18 heavy (non-hydrogen) atoms. The Kier molecular flexibility index (Phi) is 3.13. The first-order valence-electron chi connectivity index (χ1n) is 5.03. The Morgan fingerprint density at radius 3 is 2.89 bits per heavy atom. The lowest BCUT2D eigenvalue weighted by atomic mass is 10.3. The van der Waals surface area contributed by atoms with Crippen LogP contribution in [0.2, 0.25) is 0 Å². The monoisotopic (exact) mass is 250 g/mol. The van der Waals surface area contributed by atoms with Crippen LogP contribution in [0.5, 0.6) is 5.75 Å². The molecule has 7 heteroatoms. The van der Waals surface area contributed by atoms with Crippen molar-refractivity contribution < 1.29 is 24.2 Å². The number of methoxy groups -OCH3 is 1. The molecule has 2 aromatic rings. The maximum atomic E-state index is 11.1. The number of nitrogens with zero attached hydrogens (tertiary/aromatic N) is 2. The topological polar surface area (TPSA) is 90.7 Å². The molecule has 1 aromatic heterocycles. The van der Waals surface area contributed by atoms with Crippen LogP contribution in [0.25, 0.3) is 11.0 Å². The molecule has 0 bridgehead atoms. The minimum Gasteiger partial charge on any atom is -0.480 e. The smallest absolute Gasteiger partial charge is 0.480 e. The number of carbonyl (C=O) groups is 2. The van der Waals surface area contributed by atoms with Crippen molar-refractivity contribution in [1.29, 1.82) is 0 Å². The zero-order chi connectivity index (χ0) is 13.1. The molecular formula is C11H10N2O5. The van der Waals surface area contributed by atoms with Crippen molar-refractivity contribution in [1.82, 2.24) is 9.55 Å². The highest BCUT2D eigenvalue weighted by atomic mass is 16.7. The van der Waals surface area contributed by atoms with E-state index >= 15 is 0 Å². The summed E-state index contributed by atoms with van der Waals surface area (Å²) in [5.41, 5.74) is 0.975. The predicted octanol–water partition coefficient (Wildman–Crippen LogP) is 1.27. The van der Waals surface area contributed by atoms with Crippen molar-refractivity contribution in [2.45, 2.75) is 6.54 Å². The lowest BCUT2D eigenvalue weighted by Crippen LogP contribution is -2.11. The third-order valence-corrected chi connectivity index (χ3v) is 2.27. The van der Waals surface area contributed by atoms with Gasteiger partial charge in [0.15, 0.2) is 5.75 Å². The number of ether oxygens (including phenoxy) is 2. The molecule has 1 heterocycles. The maximum Gasteiger partial charge on any atom is 0.513 e. The summed E-state index contributed by atoms with van der Waals surface area (Å²) in [6.45, 7) is -0.266. The van der Waals surface area contributed by atoms with Gasteiger partial charge in [0.2, 0.25) is 0 Å². The molecule has 0 fully saturated rings. The SMILES string of the molecule is COC(=O)Oc1cccc2ncn(CC(=O)O)c12. The quantitative estimate of drug-likeness (QED) is 0.651. The molecular weight excluding hydrogens is 240 g/mol. The van der Waals surface area contributed by atoms with Gasteiger partial charge in [-0.15, -0.1) is 0 Å². The number of benzene rings is 1. The molecule has 94 valence electrons. The number of hydrogen-bond acceptors (Lipinski definition) is 5. The van der Waals surface area contributed by atoms with E-state index in [9.17, 15) is 9.59 Å². The van der Waals surface area contributed by atoms with E-state index in [1.54, 1.807) is 18.2 Å². The Balaban J connectivity index is 2.48. The third-order valence-electron chi connectivity index (χ3n) is 2.27. The first kappa shape index (κ1) is 11.9. The van der Waals surface area contributed by atoms with Crippen molar-refractivity contribution in [2.75, 3.05) is 7.11 Å². The number of hydrogen-bond donors (Lipinski definition) is 1. The minimum atomic E-state index is -1.01. The maximum absolute atomic E-state index is 11.1. The second-order valence-corrected chi connectivity index (χ2v) is 3.45. The summed E-state index contributed by atoms with van der Waals surface area (Å²) in [7, 11) is 1.19. The van der Waals surface area contributed by atoms with Crippen molar-refractivity contribution >= 4 is 23.2 Å². The fourth-order valence-corrected chi connectivity index (χ4v) is 1.57. The van der Waals surface area contributed by atoms with Gasteiger partial charge in [0.05, 0.1) is 19.0 Å². The summed E-state index contributed by atoms with van der Waals surface area (Å²) >= 11 is 0. The number of carboxylic acids is 1. The molecule has 1 N–H and O–H groups in total. The van der Waals surface area contributed by atoms with E-state index in [0.29, 0.717) is 11.0 Å². The third kappa shape index (κ3) is 2.24. The fraction of sp³-hybridized carbons (Fsp3) is 0.182. The molecule has 0 radical (unpaired) electrons. The molecule has 0 aliphatic rings. The lowest BCUT2D eigenvalue weighted by Gasteiger charge is -2.06. The Morgan fingerprint density at radius 1 is 1.44 bits per heavy atom. The van der Waals surface area contributed by atoms with Crippen LogP contribution >= 0.6 is 0 Å².